The molecule has 3 rings (SSSR count). The van der Waals surface area contributed by atoms with Crippen molar-refractivity contribution in [1.29, 1.82) is 0 Å². The fourth-order valence-electron chi connectivity index (χ4n) is 3.69. The summed E-state index contributed by atoms with van der Waals surface area (Å²) in [4.78, 5) is 29.8. The van der Waals surface area contributed by atoms with E-state index in [-0.39, 0.29) is 11.3 Å². The molecule has 8 nitrogen and oxygen atoms in total. The number of amides is 1. The van der Waals surface area contributed by atoms with Crippen molar-refractivity contribution in [3.05, 3.63) is 71.4 Å². The van der Waals surface area contributed by atoms with Crippen LogP contribution in [0.5, 0.6) is 11.5 Å². The van der Waals surface area contributed by atoms with E-state index in [9.17, 15) is 14.7 Å². The Labute approximate surface area is 193 Å². The molecule has 0 aliphatic carbocycles. The Balaban J connectivity index is 2.09. The number of furan rings is 1. The average Bonchev–Trinajstić information content (AvgIpc) is 3.32. The minimum Gasteiger partial charge on any atom is -0.503 e. The SMILES string of the molecule is C=CCOc1ccc([C@H]2C(C(=O)c3ccc(C)o3)=C(O)C(=O)N2CCN(C)C)cc1OCC. The Morgan fingerprint density at radius 2 is 2.00 bits per heavy atom. The zero-order chi connectivity index (χ0) is 24.1. The number of hydrogen-bond donors (Lipinski definition) is 1. The number of rotatable bonds is 11. The van der Waals surface area contributed by atoms with E-state index in [1.54, 1.807) is 43.3 Å². The second kappa shape index (κ2) is 10.4. The highest BCUT2D eigenvalue weighted by Crippen LogP contribution is 2.41. The molecule has 0 bridgehead atoms. The fraction of sp³-hybridized carbons (Fsp3) is 0.360. The number of carbonyl (C=O) groups excluding carboxylic acids is 2. The van der Waals surface area contributed by atoms with Crippen LogP contribution >= 0.6 is 0 Å². The Morgan fingerprint density at radius 1 is 1.24 bits per heavy atom. The summed E-state index contributed by atoms with van der Waals surface area (Å²) in [7, 11) is 3.78. The molecule has 0 unspecified atom stereocenters. The molecule has 0 saturated heterocycles. The highest BCUT2D eigenvalue weighted by Gasteiger charge is 2.44. The smallest absolute Gasteiger partial charge is 0.290 e. The summed E-state index contributed by atoms with van der Waals surface area (Å²) in [5.74, 6) is -0.0721. The first-order valence-corrected chi connectivity index (χ1v) is 10.8. The van der Waals surface area contributed by atoms with Crippen LogP contribution in [0.4, 0.5) is 0 Å². The van der Waals surface area contributed by atoms with Crippen molar-refractivity contribution >= 4 is 11.7 Å². The van der Waals surface area contributed by atoms with Crippen LogP contribution in [-0.2, 0) is 4.79 Å². The molecule has 1 N–H and O–H groups in total. The predicted molar refractivity (Wildman–Crippen MR) is 124 cm³/mol. The van der Waals surface area contributed by atoms with Gasteiger partial charge in [0, 0.05) is 13.1 Å². The standard InChI is InChI=1S/C25H30N2O6/c1-6-14-32-18-11-9-17(15-20(18)31-7-2)22-21(23(28)19-10-8-16(3)33-19)24(29)25(30)27(22)13-12-26(4)5/h6,8-11,15,22,29H,1,7,12-14H2,2-5H3/t22-/m0/s1. The summed E-state index contributed by atoms with van der Waals surface area (Å²) in [6.07, 6.45) is 1.63. The molecule has 1 aromatic carbocycles. The first-order chi connectivity index (χ1) is 15.8. The molecular formula is C25H30N2O6. The average molecular weight is 455 g/mol. The van der Waals surface area contributed by atoms with Crippen LogP contribution in [0.3, 0.4) is 0 Å². The number of aliphatic hydroxyl groups excluding tert-OH is 1. The van der Waals surface area contributed by atoms with Crippen molar-refractivity contribution in [1.82, 2.24) is 9.80 Å². The maximum atomic E-state index is 13.3. The number of Topliss-reactive ketones (excluding diaryl/α,β-unsaturated/α-hetero) is 1. The van der Waals surface area contributed by atoms with Gasteiger partial charge in [-0.3, -0.25) is 9.59 Å². The van der Waals surface area contributed by atoms with Crippen molar-refractivity contribution in [2.45, 2.75) is 19.9 Å². The van der Waals surface area contributed by atoms with E-state index in [1.807, 2.05) is 25.9 Å². The van der Waals surface area contributed by atoms with Gasteiger partial charge in [0.2, 0.25) is 5.78 Å². The maximum absolute atomic E-state index is 13.3. The Hall–Kier alpha value is -3.52. The quantitative estimate of drug-likeness (QED) is 0.409. The van der Waals surface area contributed by atoms with E-state index >= 15 is 0 Å². The number of nitrogens with zero attached hydrogens (tertiary/aromatic N) is 2. The number of hydrogen-bond acceptors (Lipinski definition) is 7. The molecule has 2 aromatic rings. The van der Waals surface area contributed by atoms with E-state index in [1.165, 1.54) is 4.90 Å². The molecule has 8 heteroatoms. The third kappa shape index (κ3) is 5.12. The molecule has 0 saturated carbocycles. The van der Waals surface area contributed by atoms with Crippen molar-refractivity contribution in [2.24, 2.45) is 0 Å². The van der Waals surface area contributed by atoms with Gasteiger partial charge in [0.15, 0.2) is 23.0 Å². The number of ether oxygens (including phenoxy) is 2. The minimum absolute atomic E-state index is 0.0182. The van der Waals surface area contributed by atoms with Crippen molar-refractivity contribution in [2.75, 3.05) is 40.4 Å². The second-order valence-corrected chi connectivity index (χ2v) is 7.94. The zero-order valence-electron chi connectivity index (χ0n) is 19.5. The number of aliphatic hydroxyl groups is 1. The van der Waals surface area contributed by atoms with E-state index in [2.05, 4.69) is 6.58 Å². The molecule has 2 heterocycles. The summed E-state index contributed by atoms with van der Waals surface area (Å²) in [6.45, 7) is 8.81. The lowest BCUT2D eigenvalue weighted by Gasteiger charge is -2.28. The number of benzene rings is 1. The van der Waals surface area contributed by atoms with Gasteiger partial charge in [0.25, 0.3) is 5.91 Å². The summed E-state index contributed by atoms with van der Waals surface area (Å²) < 4.78 is 16.9. The minimum atomic E-state index is -0.803. The number of likely N-dealkylation sites (N-methyl/N-ethyl adjacent to an activating group) is 1. The highest BCUT2D eigenvalue weighted by molar-refractivity contribution is 6.15. The molecule has 176 valence electrons. The van der Waals surface area contributed by atoms with Crippen LogP contribution in [0, 0.1) is 6.92 Å². The van der Waals surface area contributed by atoms with Crippen molar-refractivity contribution in [3.63, 3.8) is 0 Å². The van der Waals surface area contributed by atoms with E-state index in [0.717, 1.165) is 0 Å². The summed E-state index contributed by atoms with van der Waals surface area (Å²) in [5.41, 5.74) is 0.600. The van der Waals surface area contributed by atoms with Gasteiger partial charge in [-0.1, -0.05) is 18.7 Å². The van der Waals surface area contributed by atoms with Crippen LogP contribution < -0.4 is 9.47 Å². The Kier molecular flexibility index (Phi) is 7.60. The van der Waals surface area contributed by atoms with Crippen LogP contribution in [0.1, 0.15) is 34.8 Å². The van der Waals surface area contributed by atoms with Crippen molar-refractivity contribution < 1.29 is 28.6 Å². The second-order valence-electron chi connectivity index (χ2n) is 7.94. The zero-order valence-corrected chi connectivity index (χ0v) is 19.5. The van der Waals surface area contributed by atoms with E-state index < -0.39 is 23.5 Å². The van der Waals surface area contributed by atoms with E-state index in [4.69, 9.17) is 13.9 Å². The Bertz CT molecular complexity index is 1070. The lowest BCUT2D eigenvalue weighted by molar-refractivity contribution is -0.129. The topological polar surface area (TPSA) is 92.5 Å². The van der Waals surface area contributed by atoms with Crippen LogP contribution in [0.2, 0.25) is 0 Å². The van der Waals surface area contributed by atoms with Gasteiger partial charge < -0.3 is 28.8 Å². The van der Waals surface area contributed by atoms with Gasteiger partial charge in [-0.2, -0.15) is 0 Å². The summed E-state index contributed by atoms with van der Waals surface area (Å²) >= 11 is 0. The lowest BCUT2D eigenvalue weighted by Crippen LogP contribution is -2.36. The lowest BCUT2D eigenvalue weighted by atomic mass is 9.94. The predicted octanol–water partition coefficient (Wildman–Crippen LogP) is 3.69. The van der Waals surface area contributed by atoms with Crippen LogP contribution in [0.15, 0.2) is 58.7 Å². The number of aryl methyl sites for hydroxylation is 1. The van der Waals surface area contributed by atoms with Gasteiger partial charge >= 0.3 is 0 Å². The van der Waals surface area contributed by atoms with Crippen molar-refractivity contribution in [3.8, 4) is 11.5 Å². The molecule has 1 aromatic heterocycles. The van der Waals surface area contributed by atoms with Gasteiger partial charge in [-0.15, -0.1) is 0 Å². The van der Waals surface area contributed by atoms with Gasteiger partial charge in [-0.25, -0.2) is 0 Å². The van der Waals surface area contributed by atoms with Gasteiger partial charge in [0.1, 0.15) is 12.4 Å². The number of ketones is 1. The number of carbonyl (C=O) groups is 2. The third-order valence-electron chi connectivity index (χ3n) is 5.24. The molecule has 1 aliphatic heterocycles. The molecule has 0 fully saturated rings. The Morgan fingerprint density at radius 3 is 2.61 bits per heavy atom. The maximum Gasteiger partial charge on any atom is 0.290 e. The molecule has 1 atom stereocenters. The first kappa shape index (κ1) is 24.1. The van der Waals surface area contributed by atoms with Crippen LogP contribution in [0.25, 0.3) is 0 Å². The third-order valence-corrected chi connectivity index (χ3v) is 5.24. The molecule has 0 radical (unpaired) electrons. The molecule has 33 heavy (non-hydrogen) atoms. The summed E-state index contributed by atoms with van der Waals surface area (Å²) in [5, 5.41) is 10.8. The van der Waals surface area contributed by atoms with E-state index in [0.29, 0.717) is 49.1 Å². The fourth-order valence-corrected chi connectivity index (χ4v) is 3.69. The first-order valence-electron chi connectivity index (χ1n) is 10.8. The highest BCUT2D eigenvalue weighted by atomic mass is 16.5. The largest absolute Gasteiger partial charge is 0.503 e. The summed E-state index contributed by atoms with van der Waals surface area (Å²) in [6, 6.07) is 7.64. The normalized spacial score (nSPS) is 16.0. The molecule has 1 aliphatic rings. The van der Waals surface area contributed by atoms with Crippen LogP contribution in [-0.4, -0.2) is 67.0 Å². The molecular weight excluding hydrogens is 424 g/mol. The van der Waals surface area contributed by atoms with Gasteiger partial charge in [0.05, 0.1) is 18.2 Å². The molecule has 1 amide bonds. The molecule has 0 spiro atoms. The van der Waals surface area contributed by atoms with Gasteiger partial charge in [-0.05, 0) is 57.8 Å². The monoisotopic (exact) mass is 454 g/mol.